The molecule has 1 saturated heterocycles. The van der Waals surface area contributed by atoms with E-state index in [-0.39, 0.29) is 23.7 Å². The molecule has 1 aromatic carbocycles. The van der Waals surface area contributed by atoms with Crippen molar-refractivity contribution in [2.24, 2.45) is 4.99 Å². The number of aliphatic imine (C=N–C) groups is 1. The molecule has 7 heteroatoms. The van der Waals surface area contributed by atoms with Gasteiger partial charge in [0.15, 0.2) is 5.96 Å². The number of nitrogens with zero attached hydrogens (tertiary/aromatic N) is 3. The Morgan fingerprint density at radius 2 is 2.00 bits per heavy atom. The van der Waals surface area contributed by atoms with Gasteiger partial charge in [-0.1, -0.05) is 17.7 Å². The molecule has 0 spiro atoms. The zero-order valence-electron chi connectivity index (χ0n) is 14.6. The first kappa shape index (κ1) is 18.0. The van der Waals surface area contributed by atoms with Gasteiger partial charge >= 0.3 is 0 Å². The molecule has 1 aliphatic heterocycles. The molecular formula is C18H24ClFN4O. The highest BCUT2D eigenvalue weighted by molar-refractivity contribution is 6.31. The SMILES string of the molecule is CCN=C(NC1CC1c1c(F)cccc1Cl)N1CCN(C(C)=O)CC1. The van der Waals surface area contributed by atoms with E-state index in [1.807, 2.05) is 11.8 Å². The number of piperazine rings is 1. The van der Waals surface area contributed by atoms with E-state index in [0.717, 1.165) is 25.5 Å². The van der Waals surface area contributed by atoms with Gasteiger partial charge < -0.3 is 15.1 Å². The van der Waals surface area contributed by atoms with Crippen LogP contribution in [0, 0.1) is 5.82 Å². The van der Waals surface area contributed by atoms with E-state index in [9.17, 15) is 9.18 Å². The van der Waals surface area contributed by atoms with Crippen LogP contribution in [0.15, 0.2) is 23.2 Å². The highest BCUT2D eigenvalue weighted by atomic mass is 35.5. The first-order chi connectivity index (χ1) is 12.0. The van der Waals surface area contributed by atoms with Crippen LogP contribution in [0.3, 0.4) is 0 Å². The lowest BCUT2D eigenvalue weighted by atomic mass is 10.1. The first-order valence-corrected chi connectivity index (χ1v) is 9.14. The fraction of sp³-hybridized carbons (Fsp3) is 0.556. The molecule has 0 bridgehead atoms. The van der Waals surface area contributed by atoms with Crippen LogP contribution in [0.5, 0.6) is 0 Å². The average Bonchev–Trinajstić information content (AvgIpc) is 3.33. The summed E-state index contributed by atoms with van der Waals surface area (Å²) in [5.74, 6) is 0.781. The summed E-state index contributed by atoms with van der Waals surface area (Å²) >= 11 is 6.18. The lowest BCUT2D eigenvalue weighted by Crippen LogP contribution is -2.53. The van der Waals surface area contributed by atoms with Crippen LogP contribution in [0.2, 0.25) is 5.02 Å². The molecule has 2 atom stereocenters. The maximum Gasteiger partial charge on any atom is 0.219 e. The zero-order valence-corrected chi connectivity index (χ0v) is 15.4. The molecule has 1 amide bonds. The Bertz CT molecular complexity index is 653. The van der Waals surface area contributed by atoms with Crippen LogP contribution in [-0.4, -0.2) is 60.4 Å². The Labute approximate surface area is 152 Å². The lowest BCUT2D eigenvalue weighted by Gasteiger charge is -2.36. The van der Waals surface area contributed by atoms with E-state index in [1.165, 1.54) is 6.07 Å². The standard InChI is InChI=1S/C18H24ClFN4O/c1-3-21-18(24-9-7-23(8-10-24)12(2)25)22-16-11-13(16)17-14(19)5-4-6-15(17)20/h4-6,13,16H,3,7-11H2,1-2H3,(H,21,22). The van der Waals surface area contributed by atoms with Crippen molar-refractivity contribution >= 4 is 23.5 Å². The van der Waals surface area contributed by atoms with Crippen LogP contribution in [0.4, 0.5) is 4.39 Å². The van der Waals surface area contributed by atoms with Crippen LogP contribution >= 0.6 is 11.6 Å². The normalized spacial score (nSPS) is 23.6. The lowest BCUT2D eigenvalue weighted by molar-refractivity contribution is -0.130. The summed E-state index contributed by atoms with van der Waals surface area (Å²) in [5.41, 5.74) is 0.596. The first-order valence-electron chi connectivity index (χ1n) is 8.76. The number of nitrogens with one attached hydrogen (secondary N) is 1. The number of benzene rings is 1. The molecule has 136 valence electrons. The Morgan fingerprint density at radius 3 is 2.60 bits per heavy atom. The molecule has 2 unspecified atom stereocenters. The number of guanidine groups is 1. The molecule has 3 rings (SSSR count). The zero-order chi connectivity index (χ0) is 18.0. The van der Waals surface area contributed by atoms with Gasteiger partial charge in [0, 0.05) is 62.2 Å². The van der Waals surface area contributed by atoms with Crippen molar-refractivity contribution in [2.75, 3.05) is 32.7 Å². The summed E-state index contributed by atoms with van der Waals surface area (Å²) in [6.07, 6.45) is 0.844. The largest absolute Gasteiger partial charge is 0.353 e. The molecule has 1 aromatic rings. The number of carbonyl (C=O) groups excluding carboxylic acids is 1. The maximum absolute atomic E-state index is 14.1. The molecule has 1 N–H and O–H groups in total. The van der Waals surface area contributed by atoms with Gasteiger partial charge in [0.25, 0.3) is 0 Å². The molecule has 0 radical (unpaired) electrons. The van der Waals surface area contributed by atoms with E-state index >= 15 is 0 Å². The number of halogens is 2. The van der Waals surface area contributed by atoms with Crippen molar-refractivity contribution in [3.63, 3.8) is 0 Å². The quantitative estimate of drug-likeness (QED) is 0.660. The Kier molecular flexibility index (Phi) is 5.47. The topological polar surface area (TPSA) is 47.9 Å². The average molecular weight is 367 g/mol. The summed E-state index contributed by atoms with van der Waals surface area (Å²) in [6, 6.07) is 4.96. The third-order valence-electron chi connectivity index (χ3n) is 4.81. The second kappa shape index (κ2) is 7.60. The smallest absolute Gasteiger partial charge is 0.219 e. The molecular weight excluding hydrogens is 343 g/mol. The van der Waals surface area contributed by atoms with Gasteiger partial charge in [0.1, 0.15) is 5.82 Å². The number of amides is 1. The van der Waals surface area contributed by atoms with Gasteiger partial charge in [-0.05, 0) is 25.5 Å². The highest BCUT2D eigenvalue weighted by Crippen LogP contribution is 2.45. The van der Waals surface area contributed by atoms with Crippen molar-refractivity contribution in [1.29, 1.82) is 0 Å². The predicted octanol–water partition coefficient (Wildman–Crippen LogP) is 2.46. The number of carbonyl (C=O) groups is 1. The van der Waals surface area contributed by atoms with Gasteiger partial charge in [-0.15, -0.1) is 0 Å². The molecule has 0 aromatic heterocycles. The number of hydrogen-bond acceptors (Lipinski definition) is 2. The minimum atomic E-state index is -0.245. The molecule has 2 aliphatic rings. The van der Waals surface area contributed by atoms with Crippen molar-refractivity contribution in [3.8, 4) is 0 Å². The Balaban J connectivity index is 1.63. The Hall–Kier alpha value is -1.82. The van der Waals surface area contributed by atoms with Gasteiger partial charge in [0.2, 0.25) is 5.91 Å². The summed E-state index contributed by atoms with van der Waals surface area (Å²) < 4.78 is 14.1. The third-order valence-corrected chi connectivity index (χ3v) is 5.14. The summed E-state index contributed by atoms with van der Waals surface area (Å²) in [4.78, 5) is 20.1. The minimum Gasteiger partial charge on any atom is -0.353 e. The van der Waals surface area contributed by atoms with E-state index in [0.29, 0.717) is 30.2 Å². The third kappa shape index (κ3) is 4.06. The van der Waals surface area contributed by atoms with Crippen molar-refractivity contribution in [3.05, 3.63) is 34.6 Å². The van der Waals surface area contributed by atoms with Crippen molar-refractivity contribution in [2.45, 2.75) is 32.2 Å². The summed E-state index contributed by atoms with van der Waals surface area (Å²) in [6.45, 7) is 7.17. The van der Waals surface area contributed by atoms with E-state index < -0.39 is 0 Å². The van der Waals surface area contributed by atoms with E-state index in [2.05, 4.69) is 15.2 Å². The van der Waals surface area contributed by atoms with E-state index in [4.69, 9.17) is 11.6 Å². The molecule has 25 heavy (non-hydrogen) atoms. The maximum atomic E-state index is 14.1. The predicted molar refractivity (Wildman–Crippen MR) is 97.5 cm³/mol. The van der Waals surface area contributed by atoms with Crippen LogP contribution < -0.4 is 5.32 Å². The van der Waals surface area contributed by atoms with Crippen molar-refractivity contribution in [1.82, 2.24) is 15.1 Å². The van der Waals surface area contributed by atoms with Crippen LogP contribution in [0.1, 0.15) is 31.7 Å². The number of hydrogen-bond donors (Lipinski definition) is 1. The second-order valence-corrected chi connectivity index (χ2v) is 6.93. The second-order valence-electron chi connectivity index (χ2n) is 6.52. The van der Waals surface area contributed by atoms with Crippen molar-refractivity contribution < 1.29 is 9.18 Å². The monoisotopic (exact) mass is 366 g/mol. The van der Waals surface area contributed by atoms with E-state index in [1.54, 1.807) is 19.1 Å². The summed E-state index contributed by atoms with van der Waals surface area (Å²) in [5, 5.41) is 3.94. The van der Waals surface area contributed by atoms with Gasteiger partial charge in [-0.2, -0.15) is 0 Å². The fourth-order valence-corrected chi connectivity index (χ4v) is 3.63. The number of rotatable bonds is 3. The molecule has 5 nitrogen and oxygen atoms in total. The van der Waals surface area contributed by atoms with Crippen LogP contribution in [0.25, 0.3) is 0 Å². The highest BCUT2D eigenvalue weighted by Gasteiger charge is 2.42. The summed E-state index contributed by atoms with van der Waals surface area (Å²) in [7, 11) is 0. The fourth-order valence-electron chi connectivity index (χ4n) is 3.32. The minimum absolute atomic E-state index is 0.0780. The molecule has 1 heterocycles. The van der Waals surface area contributed by atoms with Gasteiger partial charge in [-0.25, -0.2) is 4.39 Å². The van der Waals surface area contributed by atoms with Gasteiger partial charge in [0.05, 0.1) is 0 Å². The van der Waals surface area contributed by atoms with Gasteiger partial charge in [-0.3, -0.25) is 9.79 Å². The Morgan fingerprint density at radius 1 is 1.32 bits per heavy atom. The molecule has 1 saturated carbocycles. The molecule has 2 fully saturated rings. The van der Waals surface area contributed by atoms with Crippen LogP contribution in [-0.2, 0) is 4.79 Å². The molecule has 1 aliphatic carbocycles.